The van der Waals surface area contributed by atoms with Gasteiger partial charge in [-0.3, -0.25) is 9.67 Å². The number of hydrogen-bond acceptors (Lipinski definition) is 5. The number of aromatic nitrogens is 3. The second kappa shape index (κ2) is 6.24. The largest absolute Gasteiger partial charge is 0.391 e. The molecule has 0 radical (unpaired) electrons. The molecule has 2 heterocycles. The minimum atomic E-state index is -0.365. The lowest BCUT2D eigenvalue weighted by Gasteiger charge is -2.18. The number of rotatable bonds is 5. The molecule has 0 aliphatic heterocycles. The van der Waals surface area contributed by atoms with E-state index in [1.807, 2.05) is 29.1 Å². The molecule has 1 aliphatic carbocycles. The van der Waals surface area contributed by atoms with Gasteiger partial charge in [-0.1, -0.05) is 0 Å². The number of nitrogens with zero attached hydrogens (tertiary/aromatic N) is 3. The number of aliphatic hydroxyl groups is 2. The fraction of sp³-hybridized carbons (Fsp3) is 0.467. The summed E-state index contributed by atoms with van der Waals surface area (Å²) in [5.41, 5.74) is 1.51. The van der Waals surface area contributed by atoms with E-state index in [1.54, 1.807) is 12.4 Å². The Morgan fingerprint density at radius 1 is 1.33 bits per heavy atom. The van der Waals surface area contributed by atoms with Gasteiger partial charge in [-0.15, -0.1) is 0 Å². The molecule has 0 amide bonds. The van der Waals surface area contributed by atoms with Crippen molar-refractivity contribution in [3.8, 4) is 0 Å². The number of anilines is 1. The van der Waals surface area contributed by atoms with Gasteiger partial charge in [0.2, 0.25) is 0 Å². The molecule has 0 saturated heterocycles. The smallest absolute Gasteiger partial charge is 0.0853 e. The van der Waals surface area contributed by atoms with E-state index in [0.29, 0.717) is 11.6 Å². The van der Waals surface area contributed by atoms with Crippen molar-refractivity contribution in [3.63, 3.8) is 0 Å². The molecular formula is C15H20N4O2. The maximum atomic E-state index is 10.2. The first-order valence-corrected chi connectivity index (χ1v) is 7.22. The minimum absolute atomic E-state index is 0.0273. The van der Waals surface area contributed by atoms with Gasteiger partial charge in [0.1, 0.15) is 0 Å². The van der Waals surface area contributed by atoms with Crippen LogP contribution in [0.25, 0.3) is 0 Å². The maximum absolute atomic E-state index is 10.2. The van der Waals surface area contributed by atoms with Gasteiger partial charge in [0.25, 0.3) is 0 Å². The van der Waals surface area contributed by atoms with Gasteiger partial charge < -0.3 is 15.5 Å². The fourth-order valence-corrected chi connectivity index (χ4v) is 2.96. The molecule has 0 bridgehead atoms. The molecule has 0 aromatic carbocycles. The third-order valence-electron chi connectivity index (χ3n) is 3.96. The number of pyridine rings is 1. The van der Waals surface area contributed by atoms with Crippen LogP contribution < -0.4 is 5.32 Å². The summed E-state index contributed by atoms with van der Waals surface area (Å²) in [6, 6.07) is 5.61. The summed E-state index contributed by atoms with van der Waals surface area (Å²) in [7, 11) is 0. The standard InChI is InChI=1S/C15H20N4O2/c20-10-13-8-12(2-4-16-13)18-14-6-11(7-15(14)21)9-19-5-1-3-17-19/h1-5,8,11,14-15,20-21H,6-7,9-10H2,(H,16,18)/t11?,14-,15-/m1/s1. The quantitative estimate of drug-likeness (QED) is 0.765. The van der Waals surface area contributed by atoms with E-state index in [2.05, 4.69) is 15.4 Å². The highest BCUT2D eigenvalue weighted by Gasteiger charge is 2.33. The van der Waals surface area contributed by atoms with Gasteiger partial charge in [0, 0.05) is 30.8 Å². The normalized spacial score (nSPS) is 25.1. The van der Waals surface area contributed by atoms with Crippen LogP contribution in [-0.2, 0) is 13.2 Å². The van der Waals surface area contributed by atoms with Crippen LogP contribution in [0.1, 0.15) is 18.5 Å². The molecule has 1 fully saturated rings. The molecule has 1 aliphatic rings. The Balaban J connectivity index is 1.60. The van der Waals surface area contributed by atoms with E-state index in [4.69, 9.17) is 5.11 Å². The van der Waals surface area contributed by atoms with Crippen LogP contribution in [0.15, 0.2) is 36.8 Å². The topological polar surface area (TPSA) is 83.2 Å². The van der Waals surface area contributed by atoms with Gasteiger partial charge in [0.15, 0.2) is 0 Å². The first-order chi connectivity index (χ1) is 10.2. The molecule has 3 atom stereocenters. The summed E-state index contributed by atoms with van der Waals surface area (Å²) < 4.78 is 1.91. The summed E-state index contributed by atoms with van der Waals surface area (Å²) in [6.07, 6.45) is 6.69. The highest BCUT2D eigenvalue weighted by molar-refractivity contribution is 5.44. The molecule has 21 heavy (non-hydrogen) atoms. The van der Waals surface area contributed by atoms with E-state index < -0.39 is 0 Å². The van der Waals surface area contributed by atoms with Crippen LogP contribution in [0.5, 0.6) is 0 Å². The van der Waals surface area contributed by atoms with Gasteiger partial charge in [-0.2, -0.15) is 5.10 Å². The predicted molar refractivity (Wildman–Crippen MR) is 78.5 cm³/mol. The first-order valence-electron chi connectivity index (χ1n) is 7.22. The van der Waals surface area contributed by atoms with Crippen LogP contribution in [0.2, 0.25) is 0 Å². The van der Waals surface area contributed by atoms with Gasteiger partial charge in [-0.05, 0) is 37.0 Å². The zero-order valence-corrected chi connectivity index (χ0v) is 11.8. The lowest BCUT2D eigenvalue weighted by molar-refractivity contribution is 0.166. The SMILES string of the molecule is OCc1cc(N[C@@H]2CC(Cn3cccn3)C[C@H]2O)ccn1. The number of nitrogens with one attached hydrogen (secondary N) is 1. The summed E-state index contributed by atoms with van der Waals surface area (Å²) in [4.78, 5) is 4.05. The summed E-state index contributed by atoms with van der Waals surface area (Å²) in [5, 5.41) is 26.9. The molecule has 2 aromatic rings. The van der Waals surface area contributed by atoms with Crippen LogP contribution in [-0.4, -0.2) is 37.1 Å². The van der Waals surface area contributed by atoms with E-state index in [9.17, 15) is 5.11 Å². The summed E-state index contributed by atoms with van der Waals surface area (Å²) in [6.45, 7) is 0.755. The van der Waals surface area contributed by atoms with Crippen LogP contribution in [0, 0.1) is 5.92 Å². The van der Waals surface area contributed by atoms with Crippen molar-refractivity contribution < 1.29 is 10.2 Å². The fourth-order valence-electron chi connectivity index (χ4n) is 2.96. The van der Waals surface area contributed by atoms with Crippen LogP contribution in [0.4, 0.5) is 5.69 Å². The molecule has 0 spiro atoms. The van der Waals surface area contributed by atoms with E-state index in [1.165, 1.54) is 0 Å². The zero-order chi connectivity index (χ0) is 14.7. The Morgan fingerprint density at radius 2 is 2.24 bits per heavy atom. The van der Waals surface area contributed by atoms with Crippen molar-refractivity contribution in [2.45, 2.75) is 38.1 Å². The van der Waals surface area contributed by atoms with Crippen molar-refractivity contribution >= 4 is 5.69 Å². The molecule has 1 saturated carbocycles. The molecule has 6 heteroatoms. The Labute approximate surface area is 123 Å². The second-order valence-electron chi connectivity index (χ2n) is 5.58. The Kier molecular flexibility index (Phi) is 4.17. The summed E-state index contributed by atoms with van der Waals surface area (Å²) >= 11 is 0. The molecule has 1 unspecified atom stereocenters. The van der Waals surface area contributed by atoms with E-state index in [0.717, 1.165) is 25.1 Å². The monoisotopic (exact) mass is 288 g/mol. The molecular weight excluding hydrogens is 268 g/mol. The number of aliphatic hydroxyl groups excluding tert-OH is 2. The lowest BCUT2D eigenvalue weighted by Crippen LogP contribution is -2.28. The first kappa shape index (κ1) is 14.0. The highest BCUT2D eigenvalue weighted by atomic mass is 16.3. The molecule has 2 aromatic heterocycles. The van der Waals surface area contributed by atoms with Crippen LogP contribution >= 0.6 is 0 Å². The van der Waals surface area contributed by atoms with Crippen molar-refractivity contribution in [1.82, 2.24) is 14.8 Å². The predicted octanol–water partition coefficient (Wildman–Crippen LogP) is 1.02. The highest BCUT2D eigenvalue weighted by Crippen LogP contribution is 2.29. The zero-order valence-electron chi connectivity index (χ0n) is 11.8. The molecule has 3 N–H and O–H groups in total. The van der Waals surface area contributed by atoms with Crippen molar-refractivity contribution in [2.75, 3.05) is 5.32 Å². The van der Waals surface area contributed by atoms with E-state index in [-0.39, 0.29) is 18.8 Å². The Morgan fingerprint density at radius 3 is 3.00 bits per heavy atom. The van der Waals surface area contributed by atoms with Crippen molar-refractivity contribution in [1.29, 1.82) is 0 Å². The minimum Gasteiger partial charge on any atom is -0.391 e. The average molecular weight is 288 g/mol. The van der Waals surface area contributed by atoms with Crippen molar-refractivity contribution in [3.05, 3.63) is 42.5 Å². The van der Waals surface area contributed by atoms with E-state index >= 15 is 0 Å². The third-order valence-corrected chi connectivity index (χ3v) is 3.96. The molecule has 6 nitrogen and oxygen atoms in total. The van der Waals surface area contributed by atoms with Crippen molar-refractivity contribution in [2.24, 2.45) is 5.92 Å². The second-order valence-corrected chi connectivity index (χ2v) is 5.58. The van der Waals surface area contributed by atoms with Gasteiger partial charge in [0.05, 0.1) is 24.4 Å². The van der Waals surface area contributed by atoms with Gasteiger partial charge >= 0.3 is 0 Å². The molecule has 112 valence electrons. The average Bonchev–Trinajstić information content (AvgIpc) is 3.10. The lowest BCUT2D eigenvalue weighted by atomic mass is 10.1. The Hall–Kier alpha value is -1.92. The third kappa shape index (κ3) is 3.40. The number of hydrogen-bond donors (Lipinski definition) is 3. The molecule has 3 rings (SSSR count). The summed E-state index contributed by atoms with van der Waals surface area (Å²) in [5.74, 6) is 0.413. The van der Waals surface area contributed by atoms with Gasteiger partial charge in [-0.25, -0.2) is 0 Å². The Bertz CT molecular complexity index is 573. The maximum Gasteiger partial charge on any atom is 0.0853 e. The van der Waals surface area contributed by atoms with Crippen LogP contribution in [0.3, 0.4) is 0 Å².